The summed E-state index contributed by atoms with van der Waals surface area (Å²) in [6.07, 6.45) is 4.39. The molecule has 0 radical (unpaired) electrons. The molecule has 0 aromatic heterocycles. The highest BCUT2D eigenvalue weighted by Crippen LogP contribution is 2.32. The maximum atomic E-state index is 12.8. The standard InChI is InChI=1S/C15H24N2O2S/c1-12-8-4-6-10-14(12)17(3)20(18,19)15-11-7-5-9-13(15)16-2/h5,7,9,11-12,14,16H,4,6,8,10H2,1-3H3. The molecule has 20 heavy (non-hydrogen) atoms. The van der Waals surface area contributed by atoms with E-state index >= 15 is 0 Å². The highest BCUT2D eigenvalue weighted by Gasteiger charge is 2.33. The highest BCUT2D eigenvalue weighted by molar-refractivity contribution is 7.89. The zero-order chi connectivity index (χ0) is 14.8. The Bertz CT molecular complexity index is 557. The van der Waals surface area contributed by atoms with Crippen molar-refractivity contribution in [1.82, 2.24) is 4.31 Å². The molecular weight excluding hydrogens is 272 g/mol. The summed E-state index contributed by atoms with van der Waals surface area (Å²) >= 11 is 0. The minimum atomic E-state index is -3.44. The first-order valence-electron chi connectivity index (χ1n) is 7.23. The van der Waals surface area contributed by atoms with Crippen molar-refractivity contribution >= 4 is 15.7 Å². The highest BCUT2D eigenvalue weighted by atomic mass is 32.2. The van der Waals surface area contributed by atoms with Crippen LogP contribution in [0.5, 0.6) is 0 Å². The smallest absolute Gasteiger partial charge is 0.245 e. The molecule has 1 aliphatic carbocycles. The van der Waals surface area contributed by atoms with Gasteiger partial charge in [0.05, 0.1) is 5.69 Å². The quantitative estimate of drug-likeness (QED) is 0.929. The maximum absolute atomic E-state index is 12.8. The van der Waals surface area contributed by atoms with Crippen molar-refractivity contribution in [3.63, 3.8) is 0 Å². The SMILES string of the molecule is CNc1ccccc1S(=O)(=O)N(C)C1CCCCC1C. The number of anilines is 1. The van der Waals surface area contributed by atoms with Crippen LogP contribution in [-0.4, -0.2) is 32.9 Å². The molecule has 2 rings (SSSR count). The molecule has 4 nitrogen and oxygen atoms in total. The monoisotopic (exact) mass is 296 g/mol. The Morgan fingerprint density at radius 2 is 1.85 bits per heavy atom. The molecule has 2 unspecified atom stereocenters. The average Bonchev–Trinajstić information content (AvgIpc) is 2.47. The summed E-state index contributed by atoms with van der Waals surface area (Å²) in [4.78, 5) is 0.364. The van der Waals surface area contributed by atoms with Gasteiger partial charge in [-0.1, -0.05) is 31.9 Å². The zero-order valence-corrected chi connectivity index (χ0v) is 13.3. The number of rotatable bonds is 4. The molecule has 2 atom stereocenters. The number of hydrogen-bond donors (Lipinski definition) is 1. The van der Waals surface area contributed by atoms with E-state index in [-0.39, 0.29) is 6.04 Å². The summed E-state index contributed by atoms with van der Waals surface area (Å²) < 4.78 is 27.3. The first kappa shape index (κ1) is 15.3. The topological polar surface area (TPSA) is 49.4 Å². The average molecular weight is 296 g/mol. The van der Waals surface area contributed by atoms with Gasteiger partial charge in [-0.2, -0.15) is 4.31 Å². The van der Waals surface area contributed by atoms with Gasteiger partial charge in [-0.3, -0.25) is 0 Å². The van der Waals surface area contributed by atoms with Gasteiger partial charge in [0.15, 0.2) is 0 Å². The molecule has 0 saturated heterocycles. The van der Waals surface area contributed by atoms with Crippen molar-refractivity contribution in [2.24, 2.45) is 5.92 Å². The van der Waals surface area contributed by atoms with Crippen molar-refractivity contribution in [2.75, 3.05) is 19.4 Å². The van der Waals surface area contributed by atoms with Crippen LogP contribution < -0.4 is 5.32 Å². The summed E-state index contributed by atoms with van der Waals surface area (Å²) in [5.74, 6) is 0.422. The van der Waals surface area contributed by atoms with Gasteiger partial charge >= 0.3 is 0 Å². The summed E-state index contributed by atoms with van der Waals surface area (Å²) in [7, 11) is 0.0207. The second kappa shape index (κ2) is 6.14. The van der Waals surface area contributed by atoms with Crippen molar-refractivity contribution in [2.45, 2.75) is 43.5 Å². The molecule has 1 fully saturated rings. The second-order valence-electron chi connectivity index (χ2n) is 5.60. The number of nitrogens with zero attached hydrogens (tertiary/aromatic N) is 1. The van der Waals surface area contributed by atoms with E-state index in [4.69, 9.17) is 0 Å². The van der Waals surface area contributed by atoms with E-state index in [0.717, 1.165) is 19.3 Å². The minimum Gasteiger partial charge on any atom is -0.387 e. The fourth-order valence-corrected chi connectivity index (χ4v) is 4.75. The Labute approximate surface area is 122 Å². The van der Waals surface area contributed by atoms with Gasteiger partial charge in [-0.15, -0.1) is 0 Å². The maximum Gasteiger partial charge on any atom is 0.245 e. The predicted octanol–water partition coefficient (Wildman–Crippen LogP) is 2.93. The Hall–Kier alpha value is -1.07. The van der Waals surface area contributed by atoms with Crippen molar-refractivity contribution < 1.29 is 8.42 Å². The lowest BCUT2D eigenvalue weighted by Gasteiger charge is -2.35. The molecule has 112 valence electrons. The summed E-state index contributed by atoms with van der Waals surface area (Å²) in [5, 5.41) is 2.96. The molecule has 0 spiro atoms. The fraction of sp³-hybridized carbons (Fsp3) is 0.600. The van der Waals surface area contributed by atoms with Gasteiger partial charge in [0, 0.05) is 20.1 Å². The Kier molecular flexibility index (Phi) is 4.70. The fourth-order valence-electron chi connectivity index (χ4n) is 3.07. The lowest BCUT2D eigenvalue weighted by Crippen LogP contribution is -2.42. The number of nitrogens with one attached hydrogen (secondary N) is 1. The van der Waals surface area contributed by atoms with E-state index in [1.807, 2.05) is 6.07 Å². The third-order valence-electron chi connectivity index (χ3n) is 4.35. The van der Waals surface area contributed by atoms with Crippen LogP contribution >= 0.6 is 0 Å². The van der Waals surface area contributed by atoms with Gasteiger partial charge in [0.2, 0.25) is 10.0 Å². The Morgan fingerprint density at radius 3 is 2.50 bits per heavy atom. The molecule has 5 heteroatoms. The molecule has 1 aliphatic rings. The van der Waals surface area contributed by atoms with Crippen LogP contribution in [0.1, 0.15) is 32.6 Å². The van der Waals surface area contributed by atoms with E-state index in [0.29, 0.717) is 16.5 Å². The Balaban J connectivity index is 2.34. The number of sulfonamides is 1. The number of benzene rings is 1. The third-order valence-corrected chi connectivity index (χ3v) is 6.29. The van der Waals surface area contributed by atoms with E-state index in [1.165, 1.54) is 6.42 Å². The molecule has 0 amide bonds. The largest absolute Gasteiger partial charge is 0.387 e. The van der Waals surface area contributed by atoms with E-state index in [1.54, 1.807) is 36.6 Å². The lowest BCUT2D eigenvalue weighted by atomic mass is 9.86. The van der Waals surface area contributed by atoms with Gasteiger partial charge < -0.3 is 5.32 Å². The van der Waals surface area contributed by atoms with Gasteiger partial charge in [0.1, 0.15) is 4.90 Å². The van der Waals surface area contributed by atoms with Crippen LogP contribution in [0, 0.1) is 5.92 Å². The molecule has 1 aromatic rings. The third kappa shape index (κ3) is 2.83. The van der Waals surface area contributed by atoms with Crippen LogP contribution in [0.3, 0.4) is 0 Å². The molecular formula is C15H24N2O2S. The molecule has 0 bridgehead atoms. The minimum absolute atomic E-state index is 0.110. The Morgan fingerprint density at radius 1 is 1.20 bits per heavy atom. The second-order valence-corrected chi connectivity index (χ2v) is 7.56. The zero-order valence-electron chi connectivity index (χ0n) is 12.5. The summed E-state index contributed by atoms with van der Waals surface area (Å²) in [5.41, 5.74) is 0.655. The summed E-state index contributed by atoms with van der Waals surface area (Å²) in [6, 6.07) is 7.19. The van der Waals surface area contributed by atoms with Gasteiger partial charge in [0.25, 0.3) is 0 Å². The van der Waals surface area contributed by atoms with Crippen molar-refractivity contribution in [1.29, 1.82) is 0 Å². The predicted molar refractivity (Wildman–Crippen MR) is 82.4 cm³/mol. The van der Waals surface area contributed by atoms with Crippen LogP contribution in [0.2, 0.25) is 0 Å². The molecule has 1 saturated carbocycles. The molecule has 0 heterocycles. The lowest BCUT2D eigenvalue weighted by molar-refractivity contribution is 0.213. The number of hydrogen-bond acceptors (Lipinski definition) is 3. The molecule has 1 N–H and O–H groups in total. The van der Waals surface area contributed by atoms with Crippen LogP contribution in [-0.2, 0) is 10.0 Å². The van der Waals surface area contributed by atoms with Crippen LogP contribution in [0.25, 0.3) is 0 Å². The van der Waals surface area contributed by atoms with Crippen LogP contribution in [0.15, 0.2) is 29.2 Å². The van der Waals surface area contributed by atoms with Crippen LogP contribution in [0.4, 0.5) is 5.69 Å². The molecule has 1 aromatic carbocycles. The summed E-state index contributed by atoms with van der Waals surface area (Å²) in [6.45, 7) is 2.15. The van der Waals surface area contributed by atoms with E-state index in [2.05, 4.69) is 12.2 Å². The first-order chi connectivity index (χ1) is 9.48. The normalized spacial score (nSPS) is 23.8. The van der Waals surface area contributed by atoms with Gasteiger partial charge in [-0.25, -0.2) is 8.42 Å². The molecule has 0 aliphatic heterocycles. The van der Waals surface area contributed by atoms with E-state index in [9.17, 15) is 8.42 Å². The van der Waals surface area contributed by atoms with E-state index < -0.39 is 10.0 Å². The van der Waals surface area contributed by atoms with Crippen molar-refractivity contribution in [3.8, 4) is 0 Å². The first-order valence-corrected chi connectivity index (χ1v) is 8.67. The number of para-hydroxylation sites is 1. The van der Waals surface area contributed by atoms with Crippen molar-refractivity contribution in [3.05, 3.63) is 24.3 Å². The van der Waals surface area contributed by atoms with Gasteiger partial charge in [-0.05, 0) is 30.9 Å².